The molecule has 2 fully saturated rings. The Hall–Kier alpha value is -3.38. The predicted octanol–water partition coefficient (Wildman–Crippen LogP) is 1.79. The van der Waals surface area contributed by atoms with Crippen LogP contribution in [0.2, 0.25) is 0 Å². The summed E-state index contributed by atoms with van der Waals surface area (Å²) in [4.78, 5) is 40.8. The fourth-order valence-corrected chi connectivity index (χ4v) is 4.66. The third-order valence-electron chi connectivity index (χ3n) is 5.68. The molecular weight excluding hydrogens is 442 g/mol. The van der Waals surface area contributed by atoms with E-state index in [0.717, 1.165) is 56.1 Å². The van der Waals surface area contributed by atoms with E-state index in [1.807, 2.05) is 12.3 Å². The first-order chi connectivity index (χ1) is 16.1. The Kier molecular flexibility index (Phi) is 6.26. The molecule has 1 saturated heterocycles. The van der Waals surface area contributed by atoms with Crippen molar-refractivity contribution in [2.75, 3.05) is 11.9 Å². The number of nitrogens with zero attached hydrogens (tertiary/aromatic N) is 6. The Bertz CT molecular complexity index is 1200. The maximum Gasteiger partial charge on any atom is 0.290 e. The van der Waals surface area contributed by atoms with Gasteiger partial charge in [0.05, 0.1) is 10.6 Å². The van der Waals surface area contributed by atoms with E-state index in [0.29, 0.717) is 34.4 Å². The molecule has 2 amide bonds. The number of anilines is 1. The zero-order chi connectivity index (χ0) is 22.6. The van der Waals surface area contributed by atoms with E-state index in [9.17, 15) is 9.59 Å². The molecule has 0 radical (unpaired) electrons. The largest absolute Gasteiger partial charge is 0.351 e. The third kappa shape index (κ3) is 5.34. The van der Waals surface area contributed by atoms with Crippen LogP contribution in [0, 0.1) is 0 Å². The second-order valence-corrected chi connectivity index (χ2v) is 8.99. The van der Waals surface area contributed by atoms with Crippen molar-refractivity contribution in [3.05, 3.63) is 47.1 Å². The average molecular weight is 466 g/mol. The van der Waals surface area contributed by atoms with Crippen LogP contribution in [-0.4, -0.2) is 59.3 Å². The molecule has 5 rings (SSSR count). The van der Waals surface area contributed by atoms with Crippen molar-refractivity contribution < 1.29 is 9.59 Å². The zero-order valence-corrected chi connectivity index (χ0v) is 18.6. The first kappa shape index (κ1) is 21.5. The van der Waals surface area contributed by atoms with E-state index in [2.05, 4.69) is 41.0 Å². The van der Waals surface area contributed by atoms with Crippen molar-refractivity contribution >= 4 is 40.7 Å². The summed E-state index contributed by atoms with van der Waals surface area (Å²) in [5.74, 6) is 0.768. The van der Waals surface area contributed by atoms with Crippen LogP contribution >= 0.6 is 11.8 Å². The SMILES string of the molecule is O=C1NC(=O)/C(=C/c2ccnc(NC3CCC(NCCc4ccn5ncnc5n4)CC3)n2)S1. The van der Waals surface area contributed by atoms with Crippen molar-refractivity contribution in [3.63, 3.8) is 0 Å². The average Bonchev–Trinajstić information content (AvgIpc) is 3.40. The normalized spacial score (nSPS) is 22.1. The van der Waals surface area contributed by atoms with Gasteiger partial charge in [0, 0.05) is 43.1 Å². The molecule has 170 valence electrons. The van der Waals surface area contributed by atoms with E-state index in [1.54, 1.807) is 22.9 Å². The van der Waals surface area contributed by atoms with Crippen molar-refractivity contribution in [1.82, 2.24) is 40.2 Å². The number of rotatable bonds is 7. The summed E-state index contributed by atoms with van der Waals surface area (Å²) in [5, 5.41) is 13.0. The molecule has 0 unspecified atom stereocenters. The van der Waals surface area contributed by atoms with Crippen LogP contribution in [0.4, 0.5) is 10.7 Å². The van der Waals surface area contributed by atoms with Crippen molar-refractivity contribution in [2.45, 2.75) is 44.2 Å². The Balaban J connectivity index is 1.08. The molecule has 3 N–H and O–H groups in total. The highest BCUT2D eigenvalue weighted by Gasteiger charge is 2.25. The van der Waals surface area contributed by atoms with Crippen LogP contribution in [0.3, 0.4) is 0 Å². The molecule has 33 heavy (non-hydrogen) atoms. The highest BCUT2D eigenvalue weighted by molar-refractivity contribution is 8.18. The molecule has 0 spiro atoms. The van der Waals surface area contributed by atoms with Gasteiger partial charge in [0.1, 0.15) is 6.33 Å². The third-order valence-corrected chi connectivity index (χ3v) is 6.49. The summed E-state index contributed by atoms with van der Waals surface area (Å²) in [5.41, 5.74) is 1.59. The molecule has 3 aromatic rings. The molecule has 4 heterocycles. The second kappa shape index (κ2) is 9.63. The molecule has 12 heteroatoms. The summed E-state index contributed by atoms with van der Waals surface area (Å²) < 4.78 is 1.66. The van der Waals surface area contributed by atoms with Gasteiger partial charge in [0.25, 0.3) is 16.9 Å². The number of imide groups is 1. The van der Waals surface area contributed by atoms with Gasteiger partial charge in [-0.05, 0) is 55.7 Å². The fourth-order valence-electron chi connectivity index (χ4n) is 4.00. The number of nitrogens with one attached hydrogen (secondary N) is 3. The van der Waals surface area contributed by atoms with Crippen LogP contribution in [0.15, 0.2) is 35.8 Å². The lowest BCUT2D eigenvalue weighted by atomic mass is 9.91. The standard InChI is InChI=1S/C21H23N9O2S/c31-18-17(33-21(32)29-18)11-16-6-9-23-19(27-16)26-14-3-1-13(2-4-14)22-8-5-15-7-10-30-20(28-15)24-12-25-30/h6-7,9-14,22H,1-5,8H2,(H,23,26,27)(H,29,31,32)/b17-11-. The molecule has 0 atom stereocenters. The van der Waals surface area contributed by atoms with Crippen molar-refractivity contribution in [3.8, 4) is 0 Å². The number of aromatic nitrogens is 6. The lowest BCUT2D eigenvalue weighted by Gasteiger charge is -2.29. The first-order valence-electron chi connectivity index (χ1n) is 10.9. The van der Waals surface area contributed by atoms with E-state index in [1.165, 1.54) is 6.33 Å². The van der Waals surface area contributed by atoms with Crippen LogP contribution in [0.5, 0.6) is 0 Å². The van der Waals surface area contributed by atoms with Crippen LogP contribution < -0.4 is 16.0 Å². The molecule has 1 aliphatic carbocycles. The quantitative estimate of drug-likeness (QED) is 0.443. The number of thioether (sulfide) groups is 1. The van der Waals surface area contributed by atoms with Gasteiger partial charge in [-0.2, -0.15) is 10.1 Å². The molecule has 1 saturated carbocycles. The lowest BCUT2D eigenvalue weighted by Crippen LogP contribution is -2.38. The van der Waals surface area contributed by atoms with Gasteiger partial charge in [-0.25, -0.2) is 19.5 Å². The van der Waals surface area contributed by atoms with Gasteiger partial charge < -0.3 is 10.6 Å². The zero-order valence-electron chi connectivity index (χ0n) is 17.8. The molecule has 1 aliphatic heterocycles. The van der Waals surface area contributed by atoms with E-state index in [4.69, 9.17) is 0 Å². The summed E-state index contributed by atoms with van der Waals surface area (Å²) in [7, 11) is 0. The van der Waals surface area contributed by atoms with Gasteiger partial charge in [-0.15, -0.1) is 0 Å². The van der Waals surface area contributed by atoms with Crippen LogP contribution in [0.1, 0.15) is 37.1 Å². The Labute approximate surface area is 193 Å². The summed E-state index contributed by atoms with van der Waals surface area (Å²) in [6.45, 7) is 0.869. The first-order valence-corrected chi connectivity index (χ1v) is 11.7. The topological polar surface area (TPSA) is 139 Å². The highest BCUT2D eigenvalue weighted by atomic mass is 32.2. The van der Waals surface area contributed by atoms with Crippen molar-refractivity contribution in [2.24, 2.45) is 0 Å². The minimum Gasteiger partial charge on any atom is -0.351 e. The highest BCUT2D eigenvalue weighted by Crippen LogP contribution is 2.25. The molecule has 2 aliphatic rings. The monoisotopic (exact) mass is 465 g/mol. The smallest absolute Gasteiger partial charge is 0.290 e. The van der Waals surface area contributed by atoms with Gasteiger partial charge in [-0.3, -0.25) is 14.9 Å². The molecular formula is C21H23N9O2S. The molecule has 3 aromatic heterocycles. The maximum atomic E-state index is 11.7. The number of hydrogen-bond donors (Lipinski definition) is 3. The molecule has 0 bridgehead atoms. The summed E-state index contributed by atoms with van der Waals surface area (Å²) in [6.07, 6.45) is 11.7. The van der Waals surface area contributed by atoms with Gasteiger partial charge in [0.2, 0.25) is 5.95 Å². The van der Waals surface area contributed by atoms with Gasteiger partial charge in [-0.1, -0.05) is 0 Å². The summed E-state index contributed by atoms with van der Waals surface area (Å²) >= 11 is 0.879. The Morgan fingerprint density at radius 3 is 2.79 bits per heavy atom. The number of carbonyl (C=O) groups excluding carboxylic acids is 2. The van der Waals surface area contributed by atoms with Crippen LogP contribution in [0.25, 0.3) is 11.9 Å². The molecule has 11 nitrogen and oxygen atoms in total. The van der Waals surface area contributed by atoms with E-state index < -0.39 is 0 Å². The second-order valence-electron chi connectivity index (χ2n) is 7.98. The lowest BCUT2D eigenvalue weighted by molar-refractivity contribution is -0.115. The number of hydrogen-bond acceptors (Lipinski definition) is 10. The van der Waals surface area contributed by atoms with Crippen LogP contribution in [-0.2, 0) is 11.2 Å². The number of carbonyl (C=O) groups is 2. The number of amides is 2. The molecule has 0 aromatic carbocycles. The van der Waals surface area contributed by atoms with E-state index >= 15 is 0 Å². The minimum absolute atomic E-state index is 0.300. The Morgan fingerprint density at radius 2 is 1.97 bits per heavy atom. The number of fused-ring (bicyclic) bond motifs is 1. The predicted molar refractivity (Wildman–Crippen MR) is 123 cm³/mol. The van der Waals surface area contributed by atoms with Gasteiger partial charge >= 0.3 is 0 Å². The maximum absolute atomic E-state index is 11.7. The van der Waals surface area contributed by atoms with Crippen molar-refractivity contribution in [1.29, 1.82) is 0 Å². The van der Waals surface area contributed by atoms with Gasteiger partial charge in [0.15, 0.2) is 0 Å². The van der Waals surface area contributed by atoms with E-state index in [-0.39, 0.29) is 11.1 Å². The summed E-state index contributed by atoms with van der Waals surface area (Å²) in [6, 6.07) is 4.47. The minimum atomic E-state index is -0.390. The Morgan fingerprint density at radius 1 is 1.12 bits per heavy atom. The fraction of sp³-hybridized carbons (Fsp3) is 0.381.